The lowest BCUT2D eigenvalue weighted by Gasteiger charge is -2.18. The Morgan fingerprint density at radius 2 is 2.24 bits per heavy atom. The third kappa shape index (κ3) is 3.13. The summed E-state index contributed by atoms with van der Waals surface area (Å²) in [4.78, 5) is 12.0. The van der Waals surface area contributed by atoms with E-state index in [2.05, 4.69) is 10.4 Å². The van der Waals surface area contributed by atoms with Gasteiger partial charge in [-0.15, -0.1) is 0 Å². The van der Waals surface area contributed by atoms with Crippen LogP contribution < -0.4 is 5.32 Å². The molecule has 1 aromatic carbocycles. The molecular formula is C13H11F3N4O. The molecule has 1 N–H and O–H groups in total. The number of benzene rings is 1. The van der Waals surface area contributed by atoms with Crippen LogP contribution in [0.15, 0.2) is 23.3 Å². The van der Waals surface area contributed by atoms with Crippen LogP contribution in [-0.4, -0.2) is 30.2 Å². The smallest absolute Gasteiger partial charge is 0.324 e. The maximum Gasteiger partial charge on any atom is 0.417 e. The number of carbonyl (C=O) groups excluding carboxylic acids is 1. The number of amides is 1. The zero-order valence-corrected chi connectivity index (χ0v) is 11.0. The number of likely N-dealkylation sites (N-methyl/N-ethyl adjacent to an activating group) is 1. The van der Waals surface area contributed by atoms with Crippen molar-refractivity contribution in [1.29, 1.82) is 5.26 Å². The number of nitriles is 1. The molecule has 1 aromatic rings. The van der Waals surface area contributed by atoms with Crippen molar-refractivity contribution in [3.05, 3.63) is 29.3 Å². The molecular weight excluding hydrogens is 285 g/mol. The summed E-state index contributed by atoms with van der Waals surface area (Å²) in [5.41, 5.74) is -1.56. The summed E-state index contributed by atoms with van der Waals surface area (Å²) in [5, 5.41) is 16.4. The predicted octanol–water partition coefficient (Wildman–Crippen LogP) is 2.21. The number of nitrogens with zero attached hydrogens (tertiary/aromatic N) is 3. The Labute approximate surface area is 118 Å². The molecule has 0 aromatic heterocycles. The molecule has 0 aliphatic carbocycles. The first kappa shape index (κ1) is 14.8. The van der Waals surface area contributed by atoms with Gasteiger partial charge in [0.05, 0.1) is 17.2 Å². The van der Waals surface area contributed by atoms with Crippen molar-refractivity contribution in [2.75, 3.05) is 12.4 Å². The summed E-state index contributed by atoms with van der Waals surface area (Å²) in [6.07, 6.45) is -2.70. The zero-order valence-electron chi connectivity index (χ0n) is 11.0. The normalized spacial score (nSPS) is 17.7. The van der Waals surface area contributed by atoms with Gasteiger partial charge in [-0.25, -0.2) is 0 Å². The van der Waals surface area contributed by atoms with Crippen LogP contribution in [0.2, 0.25) is 0 Å². The second-order valence-electron chi connectivity index (χ2n) is 4.48. The minimum atomic E-state index is -4.65. The van der Waals surface area contributed by atoms with E-state index < -0.39 is 29.3 Å². The topological polar surface area (TPSA) is 68.5 Å². The molecule has 21 heavy (non-hydrogen) atoms. The largest absolute Gasteiger partial charge is 0.417 e. The third-order valence-electron chi connectivity index (χ3n) is 3.06. The second-order valence-corrected chi connectivity index (χ2v) is 4.48. The first-order valence-electron chi connectivity index (χ1n) is 6.00. The van der Waals surface area contributed by atoms with E-state index in [0.717, 1.165) is 12.1 Å². The van der Waals surface area contributed by atoms with Crippen LogP contribution in [0.5, 0.6) is 0 Å². The Hall–Kier alpha value is -2.56. The fourth-order valence-electron chi connectivity index (χ4n) is 1.97. The van der Waals surface area contributed by atoms with Crippen LogP contribution in [0.25, 0.3) is 0 Å². The fraction of sp³-hybridized carbons (Fsp3) is 0.308. The number of hydrazone groups is 1. The maximum atomic E-state index is 12.8. The number of rotatable bonds is 2. The summed E-state index contributed by atoms with van der Waals surface area (Å²) in [6.45, 7) is 0. The third-order valence-corrected chi connectivity index (χ3v) is 3.06. The molecule has 8 heteroatoms. The van der Waals surface area contributed by atoms with Crippen molar-refractivity contribution in [2.24, 2.45) is 5.10 Å². The summed E-state index contributed by atoms with van der Waals surface area (Å²) in [5.74, 6) is -0.451. The second kappa shape index (κ2) is 5.44. The van der Waals surface area contributed by atoms with Gasteiger partial charge in [0.25, 0.3) is 0 Å². The minimum absolute atomic E-state index is 0.00775. The lowest BCUT2D eigenvalue weighted by Crippen LogP contribution is -2.36. The van der Waals surface area contributed by atoms with Crippen molar-refractivity contribution in [2.45, 2.75) is 18.6 Å². The van der Waals surface area contributed by atoms with Crippen LogP contribution in [-0.2, 0) is 11.0 Å². The van der Waals surface area contributed by atoms with E-state index in [9.17, 15) is 18.0 Å². The standard InChI is InChI=1S/C13H11F3N4O/c1-20-11(4-5-18-20)12(21)19-9-3-2-8(7-17)10(6-9)13(14,15)16/h2-3,5-6,11H,4H2,1H3,(H,19,21). The molecule has 2 rings (SSSR count). The first-order valence-corrected chi connectivity index (χ1v) is 6.00. The fourth-order valence-corrected chi connectivity index (χ4v) is 1.97. The van der Waals surface area contributed by atoms with Crippen molar-refractivity contribution in [3.8, 4) is 6.07 Å². The van der Waals surface area contributed by atoms with Crippen LogP contribution in [0, 0.1) is 11.3 Å². The van der Waals surface area contributed by atoms with Crippen LogP contribution >= 0.6 is 0 Å². The van der Waals surface area contributed by atoms with Crippen molar-refractivity contribution in [1.82, 2.24) is 5.01 Å². The van der Waals surface area contributed by atoms with E-state index in [1.54, 1.807) is 13.3 Å². The molecule has 1 unspecified atom stereocenters. The van der Waals surface area contributed by atoms with E-state index in [4.69, 9.17) is 5.26 Å². The molecule has 1 aliphatic heterocycles. The number of hydrogen-bond donors (Lipinski definition) is 1. The van der Waals surface area contributed by atoms with E-state index >= 15 is 0 Å². The van der Waals surface area contributed by atoms with Gasteiger partial charge in [-0.2, -0.15) is 23.5 Å². The Morgan fingerprint density at radius 1 is 1.52 bits per heavy atom. The highest BCUT2D eigenvalue weighted by Gasteiger charge is 2.34. The summed E-state index contributed by atoms with van der Waals surface area (Å²) in [6, 6.07) is 3.99. The van der Waals surface area contributed by atoms with Gasteiger partial charge >= 0.3 is 6.18 Å². The average Bonchev–Trinajstić information content (AvgIpc) is 2.84. The summed E-state index contributed by atoms with van der Waals surface area (Å²) < 4.78 is 38.5. The molecule has 0 spiro atoms. The molecule has 1 aliphatic rings. The number of nitrogens with one attached hydrogen (secondary N) is 1. The predicted molar refractivity (Wildman–Crippen MR) is 69.4 cm³/mol. The quantitative estimate of drug-likeness (QED) is 0.909. The average molecular weight is 296 g/mol. The van der Waals surface area contributed by atoms with E-state index in [1.165, 1.54) is 17.1 Å². The Balaban J connectivity index is 2.22. The van der Waals surface area contributed by atoms with Gasteiger partial charge in [0.1, 0.15) is 6.04 Å². The molecule has 1 amide bonds. The highest BCUT2D eigenvalue weighted by molar-refractivity contribution is 5.97. The molecule has 5 nitrogen and oxygen atoms in total. The molecule has 1 heterocycles. The highest BCUT2D eigenvalue weighted by Crippen LogP contribution is 2.33. The first-order chi connectivity index (χ1) is 9.82. The van der Waals surface area contributed by atoms with Crippen LogP contribution in [0.4, 0.5) is 18.9 Å². The monoisotopic (exact) mass is 296 g/mol. The SMILES string of the molecule is CN1N=CCC1C(=O)Nc1ccc(C#N)c(C(F)(F)F)c1. The molecule has 0 saturated heterocycles. The van der Waals surface area contributed by atoms with Gasteiger partial charge in [0.2, 0.25) is 5.91 Å². The van der Waals surface area contributed by atoms with Gasteiger partial charge in [-0.05, 0) is 18.2 Å². The van der Waals surface area contributed by atoms with Crippen LogP contribution in [0.1, 0.15) is 17.5 Å². The Kier molecular flexibility index (Phi) is 3.84. The van der Waals surface area contributed by atoms with Gasteiger partial charge in [0.15, 0.2) is 0 Å². The van der Waals surface area contributed by atoms with E-state index in [0.29, 0.717) is 6.42 Å². The number of alkyl halides is 3. The highest BCUT2D eigenvalue weighted by atomic mass is 19.4. The van der Waals surface area contributed by atoms with Crippen molar-refractivity contribution in [3.63, 3.8) is 0 Å². The Morgan fingerprint density at radius 3 is 2.76 bits per heavy atom. The van der Waals surface area contributed by atoms with Gasteiger partial charge in [-0.1, -0.05) is 0 Å². The molecule has 110 valence electrons. The zero-order chi connectivity index (χ0) is 15.6. The number of carbonyl (C=O) groups is 1. The van der Waals surface area contributed by atoms with Crippen LogP contribution in [0.3, 0.4) is 0 Å². The minimum Gasteiger partial charge on any atom is -0.324 e. The Bertz CT molecular complexity index is 633. The van der Waals surface area contributed by atoms with Crippen molar-refractivity contribution >= 4 is 17.8 Å². The number of halogens is 3. The van der Waals surface area contributed by atoms with E-state index in [-0.39, 0.29) is 5.69 Å². The molecule has 0 fully saturated rings. The lowest BCUT2D eigenvalue weighted by atomic mass is 10.1. The number of hydrogen-bond acceptors (Lipinski definition) is 4. The van der Waals surface area contributed by atoms with Gasteiger partial charge in [0, 0.05) is 25.4 Å². The molecule has 1 atom stereocenters. The summed E-state index contributed by atoms with van der Waals surface area (Å²) >= 11 is 0. The van der Waals surface area contributed by atoms with E-state index in [1.807, 2.05) is 0 Å². The lowest BCUT2D eigenvalue weighted by molar-refractivity contribution is -0.137. The number of anilines is 1. The van der Waals surface area contributed by atoms with Crippen molar-refractivity contribution < 1.29 is 18.0 Å². The molecule has 0 saturated carbocycles. The summed E-state index contributed by atoms with van der Waals surface area (Å²) in [7, 11) is 1.60. The van der Waals surface area contributed by atoms with Gasteiger partial charge < -0.3 is 5.32 Å². The maximum absolute atomic E-state index is 12.8. The molecule has 0 bridgehead atoms. The molecule has 0 radical (unpaired) electrons. The van der Waals surface area contributed by atoms with Gasteiger partial charge in [-0.3, -0.25) is 9.80 Å².